The topological polar surface area (TPSA) is 73.2 Å². The molecule has 1 aliphatic rings. The van der Waals surface area contributed by atoms with E-state index in [2.05, 4.69) is 4.90 Å². The largest absolute Gasteiger partial charge is 0.396 e. The summed E-state index contributed by atoms with van der Waals surface area (Å²) in [5, 5.41) is 18.9. The lowest BCUT2D eigenvalue weighted by Crippen LogP contribution is -2.39. The van der Waals surface area contributed by atoms with Gasteiger partial charge in [-0.2, -0.15) is 0 Å². The second-order valence-electron chi connectivity index (χ2n) is 5.85. The second-order valence-corrected chi connectivity index (χ2v) is 5.85. The van der Waals surface area contributed by atoms with Crippen LogP contribution < -0.4 is 0 Å². The number of carbonyl (C=O) groups excluding carboxylic acids is 1. The van der Waals surface area contributed by atoms with Crippen molar-refractivity contribution in [3.8, 4) is 0 Å². The zero-order chi connectivity index (χ0) is 16.5. The minimum atomic E-state index is -0.561. The number of carbonyl (C=O) groups is 1. The van der Waals surface area contributed by atoms with Crippen LogP contribution in [-0.4, -0.2) is 78.0 Å². The Balaban J connectivity index is 1.75. The molecular formula is C17H26N2O4. The van der Waals surface area contributed by atoms with E-state index >= 15 is 0 Å². The van der Waals surface area contributed by atoms with Gasteiger partial charge in [0.1, 0.15) is 6.61 Å². The van der Waals surface area contributed by atoms with Crippen LogP contribution in [0.15, 0.2) is 30.3 Å². The van der Waals surface area contributed by atoms with E-state index in [1.807, 2.05) is 30.3 Å². The van der Waals surface area contributed by atoms with Gasteiger partial charge in [0.05, 0.1) is 12.7 Å². The number of amides is 1. The maximum Gasteiger partial charge on any atom is 0.248 e. The molecule has 0 spiro atoms. The monoisotopic (exact) mass is 322 g/mol. The molecule has 0 radical (unpaired) electrons. The van der Waals surface area contributed by atoms with Gasteiger partial charge in [0.25, 0.3) is 0 Å². The third-order valence-corrected chi connectivity index (χ3v) is 3.91. The Morgan fingerprint density at radius 3 is 2.74 bits per heavy atom. The zero-order valence-corrected chi connectivity index (χ0v) is 13.4. The average Bonchev–Trinajstić information content (AvgIpc) is 2.75. The van der Waals surface area contributed by atoms with Gasteiger partial charge in [0.2, 0.25) is 5.91 Å². The Morgan fingerprint density at radius 2 is 2.00 bits per heavy atom. The number of hydrogen-bond acceptors (Lipinski definition) is 5. The molecule has 0 aliphatic carbocycles. The fraction of sp³-hybridized carbons (Fsp3) is 0.588. The van der Waals surface area contributed by atoms with Gasteiger partial charge < -0.3 is 19.8 Å². The standard InChI is InChI=1S/C17H26N2O4/c20-10-4-7-18-8-9-19(12-16(21)11-18)17(22)14-23-13-15-5-2-1-3-6-15/h1-3,5-6,16,20-21H,4,7-14H2. The number of rotatable bonds is 7. The lowest BCUT2D eigenvalue weighted by atomic mass is 10.2. The highest BCUT2D eigenvalue weighted by Gasteiger charge is 2.24. The van der Waals surface area contributed by atoms with Crippen LogP contribution in [-0.2, 0) is 16.1 Å². The highest BCUT2D eigenvalue weighted by molar-refractivity contribution is 5.77. The molecule has 1 saturated heterocycles. The molecule has 1 amide bonds. The SMILES string of the molecule is O=C(COCc1ccccc1)N1CCN(CCCO)CC(O)C1. The molecule has 23 heavy (non-hydrogen) atoms. The average molecular weight is 322 g/mol. The van der Waals surface area contributed by atoms with Crippen molar-refractivity contribution in [3.05, 3.63) is 35.9 Å². The van der Waals surface area contributed by atoms with Crippen LogP contribution in [0, 0.1) is 0 Å². The molecule has 2 N–H and O–H groups in total. The summed E-state index contributed by atoms with van der Waals surface area (Å²) < 4.78 is 5.48. The van der Waals surface area contributed by atoms with Crippen molar-refractivity contribution in [1.82, 2.24) is 9.80 Å². The third-order valence-electron chi connectivity index (χ3n) is 3.91. The summed E-state index contributed by atoms with van der Waals surface area (Å²) in [5.74, 6) is -0.0935. The molecule has 0 bridgehead atoms. The lowest BCUT2D eigenvalue weighted by molar-refractivity contribution is -0.137. The van der Waals surface area contributed by atoms with Gasteiger partial charge in [-0.15, -0.1) is 0 Å². The van der Waals surface area contributed by atoms with Crippen LogP contribution in [0.1, 0.15) is 12.0 Å². The van der Waals surface area contributed by atoms with Gasteiger partial charge in [-0.3, -0.25) is 9.69 Å². The molecule has 128 valence electrons. The van der Waals surface area contributed by atoms with Gasteiger partial charge in [-0.25, -0.2) is 0 Å². The molecule has 1 heterocycles. The van der Waals surface area contributed by atoms with Crippen LogP contribution in [0.4, 0.5) is 0 Å². The fourth-order valence-corrected chi connectivity index (χ4v) is 2.70. The molecule has 1 fully saturated rings. The lowest BCUT2D eigenvalue weighted by Gasteiger charge is -2.21. The minimum absolute atomic E-state index is 0.0260. The minimum Gasteiger partial charge on any atom is -0.396 e. The van der Waals surface area contributed by atoms with Crippen LogP contribution in [0.2, 0.25) is 0 Å². The number of nitrogens with zero attached hydrogens (tertiary/aromatic N) is 2. The Labute approximate surface area is 137 Å². The van der Waals surface area contributed by atoms with E-state index in [1.165, 1.54) is 0 Å². The van der Waals surface area contributed by atoms with Crippen molar-refractivity contribution in [2.24, 2.45) is 0 Å². The summed E-state index contributed by atoms with van der Waals surface area (Å²) >= 11 is 0. The summed E-state index contributed by atoms with van der Waals surface area (Å²) in [4.78, 5) is 16.0. The first-order chi connectivity index (χ1) is 11.2. The van der Waals surface area contributed by atoms with E-state index < -0.39 is 6.10 Å². The predicted molar refractivity (Wildman–Crippen MR) is 86.8 cm³/mol. The first kappa shape index (κ1) is 17.9. The zero-order valence-electron chi connectivity index (χ0n) is 13.4. The second kappa shape index (κ2) is 9.62. The molecule has 0 aromatic heterocycles. The quantitative estimate of drug-likeness (QED) is 0.744. The highest BCUT2D eigenvalue weighted by atomic mass is 16.5. The first-order valence-corrected chi connectivity index (χ1v) is 8.09. The summed E-state index contributed by atoms with van der Waals surface area (Å²) in [6.07, 6.45) is 0.121. The summed E-state index contributed by atoms with van der Waals surface area (Å²) in [7, 11) is 0. The molecule has 2 rings (SSSR count). The van der Waals surface area contributed by atoms with Crippen LogP contribution >= 0.6 is 0 Å². The van der Waals surface area contributed by atoms with Crippen LogP contribution in [0.3, 0.4) is 0 Å². The molecule has 1 aliphatic heterocycles. The smallest absolute Gasteiger partial charge is 0.248 e. The number of hydrogen-bond donors (Lipinski definition) is 2. The molecule has 1 aromatic carbocycles. The van der Waals surface area contributed by atoms with Gasteiger partial charge in [-0.1, -0.05) is 30.3 Å². The van der Waals surface area contributed by atoms with Gasteiger partial charge in [0.15, 0.2) is 0 Å². The number of benzene rings is 1. The molecule has 1 atom stereocenters. The summed E-state index contributed by atoms with van der Waals surface area (Å²) in [6.45, 7) is 3.47. The van der Waals surface area contributed by atoms with E-state index in [0.29, 0.717) is 39.2 Å². The van der Waals surface area contributed by atoms with Gasteiger partial charge >= 0.3 is 0 Å². The molecule has 0 saturated carbocycles. The third kappa shape index (κ3) is 6.27. The van der Waals surface area contributed by atoms with E-state index in [4.69, 9.17) is 9.84 Å². The predicted octanol–water partition coefficient (Wildman–Crippen LogP) is 0.0907. The normalized spacial score (nSPS) is 19.6. The number of aliphatic hydroxyl groups is 2. The van der Waals surface area contributed by atoms with Gasteiger partial charge in [-0.05, 0) is 12.0 Å². The Morgan fingerprint density at radius 1 is 1.22 bits per heavy atom. The maximum atomic E-state index is 12.2. The van der Waals surface area contributed by atoms with Crippen LogP contribution in [0.25, 0.3) is 0 Å². The van der Waals surface area contributed by atoms with Crippen molar-refractivity contribution in [1.29, 1.82) is 0 Å². The van der Waals surface area contributed by atoms with E-state index in [1.54, 1.807) is 4.90 Å². The van der Waals surface area contributed by atoms with Crippen molar-refractivity contribution < 1.29 is 19.7 Å². The fourth-order valence-electron chi connectivity index (χ4n) is 2.70. The molecule has 6 heteroatoms. The molecular weight excluding hydrogens is 296 g/mol. The Bertz CT molecular complexity index is 469. The van der Waals surface area contributed by atoms with Crippen molar-refractivity contribution in [3.63, 3.8) is 0 Å². The first-order valence-electron chi connectivity index (χ1n) is 8.09. The number of β-amino-alcohol motifs (C(OH)–C–C–N with tert-alkyl or cyclic N) is 1. The summed E-state index contributed by atoms with van der Waals surface area (Å²) in [5.41, 5.74) is 1.03. The summed E-state index contributed by atoms with van der Waals surface area (Å²) in [6, 6.07) is 9.73. The Hall–Kier alpha value is -1.47. The van der Waals surface area contributed by atoms with Gasteiger partial charge in [0, 0.05) is 39.3 Å². The highest BCUT2D eigenvalue weighted by Crippen LogP contribution is 2.06. The molecule has 1 unspecified atom stereocenters. The van der Waals surface area contributed by atoms with Crippen molar-refractivity contribution in [2.45, 2.75) is 19.1 Å². The maximum absolute atomic E-state index is 12.2. The number of aliphatic hydroxyl groups excluding tert-OH is 2. The molecule has 1 aromatic rings. The number of ether oxygens (including phenoxy) is 1. The molecule has 6 nitrogen and oxygen atoms in total. The Kier molecular flexibility index (Phi) is 7.48. The van der Waals surface area contributed by atoms with Crippen molar-refractivity contribution >= 4 is 5.91 Å². The van der Waals surface area contributed by atoms with E-state index in [-0.39, 0.29) is 19.1 Å². The van der Waals surface area contributed by atoms with Crippen LogP contribution in [0.5, 0.6) is 0 Å². The van der Waals surface area contributed by atoms with E-state index in [0.717, 1.165) is 12.1 Å². The van der Waals surface area contributed by atoms with E-state index in [9.17, 15) is 9.90 Å². The van der Waals surface area contributed by atoms with Crippen molar-refractivity contribution in [2.75, 3.05) is 45.9 Å².